The van der Waals surface area contributed by atoms with Gasteiger partial charge in [-0.2, -0.15) is 4.98 Å². The molecule has 1 heterocycles. The Morgan fingerprint density at radius 1 is 0.778 bits per heavy atom. The second-order valence-corrected chi connectivity index (χ2v) is 5.30. The van der Waals surface area contributed by atoms with Crippen molar-refractivity contribution in [2.75, 3.05) is 0 Å². The van der Waals surface area contributed by atoms with Gasteiger partial charge in [0, 0.05) is 10.0 Å². The lowest BCUT2D eigenvalue weighted by Gasteiger charge is -2.08. The highest BCUT2D eigenvalue weighted by Gasteiger charge is 2.10. The van der Waals surface area contributed by atoms with Gasteiger partial charge in [-0.1, -0.05) is 58.0 Å². The molecular weight excluding hydrogens is 339 g/mol. The molecule has 1 aromatic carbocycles. The van der Waals surface area contributed by atoms with Crippen LogP contribution in [0, 0.1) is 0 Å². The molecule has 94 valence electrons. The molecule has 0 amide bonds. The molecule has 0 saturated heterocycles. The van der Waals surface area contributed by atoms with Crippen LogP contribution in [0.15, 0.2) is 24.3 Å². The molecule has 0 aliphatic rings. The van der Waals surface area contributed by atoms with Gasteiger partial charge in [0.05, 0.1) is 5.02 Å². The van der Waals surface area contributed by atoms with Gasteiger partial charge in [0.25, 0.3) is 0 Å². The molecule has 1 aromatic heterocycles. The second-order valence-electron chi connectivity index (χ2n) is 3.26. The summed E-state index contributed by atoms with van der Waals surface area (Å²) in [6.07, 6.45) is 0. The second kappa shape index (κ2) is 5.72. The third-order valence-corrected chi connectivity index (χ3v) is 3.29. The van der Waals surface area contributed by atoms with Crippen molar-refractivity contribution in [3.63, 3.8) is 0 Å². The topological polar surface area (TPSA) is 22.1 Å². The SMILES string of the molecule is Clc1cc(Cl)cc(Oc2nc(Cl)c(Cl)cc2Cl)c1. The zero-order chi connectivity index (χ0) is 13.3. The molecule has 0 bridgehead atoms. The average Bonchev–Trinajstić information content (AvgIpc) is 2.24. The molecule has 18 heavy (non-hydrogen) atoms. The molecule has 0 atom stereocenters. The van der Waals surface area contributed by atoms with Crippen LogP contribution in [-0.4, -0.2) is 4.98 Å². The molecule has 0 aliphatic carbocycles. The summed E-state index contributed by atoms with van der Waals surface area (Å²) in [6.45, 7) is 0. The number of hydrogen-bond donors (Lipinski definition) is 0. The van der Waals surface area contributed by atoms with Crippen LogP contribution in [-0.2, 0) is 0 Å². The minimum absolute atomic E-state index is 0.101. The van der Waals surface area contributed by atoms with Gasteiger partial charge in [0.1, 0.15) is 10.8 Å². The van der Waals surface area contributed by atoms with Crippen LogP contribution in [0.3, 0.4) is 0 Å². The Balaban J connectivity index is 2.36. The predicted octanol–water partition coefficient (Wildman–Crippen LogP) is 6.14. The highest BCUT2D eigenvalue weighted by Crippen LogP contribution is 2.34. The number of rotatable bonds is 2. The zero-order valence-electron chi connectivity index (χ0n) is 8.55. The van der Waals surface area contributed by atoms with Crippen LogP contribution >= 0.6 is 58.0 Å². The number of nitrogens with zero attached hydrogens (tertiary/aromatic N) is 1. The number of aromatic nitrogens is 1. The highest BCUT2D eigenvalue weighted by molar-refractivity contribution is 6.42. The first-order valence-electron chi connectivity index (χ1n) is 4.61. The first-order valence-corrected chi connectivity index (χ1v) is 6.50. The third kappa shape index (κ3) is 3.34. The monoisotopic (exact) mass is 341 g/mol. The fourth-order valence-electron chi connectivity index (χ4n) is 1.20. The van der Waals surface area contributed by atoms with Gasteiger partial charge in [0.2, 0.25) is 5.88 Å². The largest absolute Gasteiger partial charge is 0.437 e. The summed E-state index contributed by atoms with van der Waals surface area (Å²) in [5.74, 6) is 0.532. The molecule has 2 rings (SSSR count). The van der Waals surface area contributed by atoms with E-state index in [1.54, 1.807) is 18.2 Å². The van der Waals surface area contributed by atoms with Crippen LogP contribution < -0.4 is 4.74 Å². The lowest BCUT2D eigenvalue weighted by atomic mass is 10.3. The summed E-state index contributed by atoms with van der Waals surface area (Å²) in [5.41, 5.74) is 0. The van der Waals surface area contributed by atoms with E-state index < -0.39 is 0 Å². The standard InChI is InChI=1S/C11H4Cl5NO/c12-5-1-6(13)3-7(2-5)18-11-9(15)4-8(14)10(16)17-11/h1-4H. The summed E-state index contributed by atoms with van der Waals surface area (Å²) in [4.78, 5) is 3.92. The summed E-state index contributed by atoms with van der Waals surface area (Å²) < 4.78 is 5.45. The van der Waals surface area contributed by atoms with Crippen LogP contribution in [0.2, 0.25) is 25.2 Å². The van der Waals surface area contributed by atoms with Gasteiger partial charge < -0.3 is 4.74 Å². The van der Waals surface area contributed by atoms with E-state index in [0.29, 0.717) is 15.8 Å². The van der Waals surface area contributed by atoms with Crippen LogP contribution in [0.4, 0.5) is 0 Å². The number of benzene rings is 1. The Morgan fingerprint density at radius 3 is 2.00 bits per heavy atom. The normalized spacial score (nSPS) is 10.5. The minimum Gasteiger partial charge on any atom is -0.437 e. The van der Waals surface area contributed by atoms with E-state index in [2.05, 4.69) is 4.98 Å². The van der Waals surface area contributed by atoms with E-state index in [4.69, 9.17) is 62.7 Å². The first kappa shape index (κ1) is 14.0. The van der Waals surface area contributed by atoms with Crippen molar-refractivity contribution in [1.82, 2.24) is 4.98 Å². The predicted molar refractivity (Wildman–Crippen MR) is 75.8 cm³/mol. The first-order chi connectivity index (χ1) is 8.45. The minimum atomic E-state index is 0.101. The molecule has 7 heteroatoms. The van der Waals surface area contributed by atoms with Crippen LogP contribution in [0.5, 0.6) is 11.6 Å². The molecule has 2 aromatic rings. The highest BCUT2D eigenvalue weighted by atomic mass is 35.5. The van der Waals surface area contributed by atoms with Crippen molar-refractivity contribution in [2.24, 2.45) is 0 Å². The van der Waals surface area contributed by atoms with Gasteiger partial charge in [-0.3, -0.25) is 0 Å². The maximum atomic E-state index is 5.93. The number of halogens is 5. The molecule has 0 saturated carbocycles. The van der Waals surface area contributed by atoms with Crippen molar-refractivity contribution >= 4 is 58.0 Å². The molecule has 0 fully saturated rings. The van der Waals surface area contributed by atoms with Crippen molar-refractivity contribution < 1.29 is 4.74 Å². The van der Waals surface area contributed by atoms with Gasteiger partial charge >= 0.3 is 0 Å². The Kier molecular flexibility index (Phi) is 4.46. The van der Waals surface area contributed by atoms with E-state index >= 15 is 0 Å². The van der Waals surface area contributed by atoms with E-state index in [-0.39, 0.29) is 21.1 Å². The van der Waals surface area contributed by atoms with E-state index in [1.165, 1.54) is 6.07 Å². The molecule has 0 spiro atoms. The molecule has 0 aliphatic heterocycles. The maximum absolute atomic E-state index is 5.93. The third-order valence-electron chi connectivity index (χ3n) is 1.91. The smallest absolute Gasteiger partial charge is 0.239 e. The summed E-state index contributed by atoms with van der Waals surface area (Å²) in [7, 11) is 0. The molecule has 0 unspecified atom stereocenters. The Labute approximate surface area is 128 Å². The van der Waals surface area contributed by atoms with E-state index in [1.807, 2.05) is 0 Å². The molecular formula is C11H4Cl5NO. The zero-order valence-corrected chi connectivity index (χ0v) is 12.3. The Hall–Kier alpha value is -0.380. The van der Waals surface area contributed by atoms with Gasteiger partial charge in [-0.25, -0.2) is 0 Å². The molecule has 2 nitrogen and oxygen atoms in total. The quantitative estimate of drug-likeness (QED) is 0.611. The van der Waals surface area contributed by atoms with Gasteiger partial charge in [-0.15, -0.1) is 0 Å². The summed E-state index contributed by atoms with van der Waals surface area (Å²) in [5, 5.41) is 1.46. The number of pyridine rings is 1. The Bertz CT molecular complexity index is 582. The van der Waals surface area contributed by atoms with Crippen molar-refractivity contribution in [2.45, 2.75) is 0 Å². The Morgan fingerprint density at radius 2 is 1.39 bits per heavy atom. The summed E-state index contributed by atoms with van der Waals surface area (Å²) >= 11 is 29.2. The van der Waals surface area contributed by atoms with Crippen LogP contribution in [0.1, 0.15) is 0 Å². The number of ether oxygens (including phenoxy) is 1. The molecule has 0 radical (unpaired) electrons. The van der Waals surface area contributed by atoms with Crippen LogP contribution in [0.25, 0.3) is 0 Å². The molecule has 0 N–H and O–H groups in total. The van der Waals surface area contributed by atoms with E-state index in [9.17, 15) is 0 Å². The fourth-order valence-corrected chi connectivity index (χ4v) is 2.23. The summed E-state index contributed by atoms with van der Waals surface area (Å²) in [6, 6.07) is 6.18. The average molecular weight is 343 g/mol. The number of hydrogen-bond acceptors (Lipinski definition) is 2. The van der Waals surface area contributed by atoms with Crippen molar-refractivity contribution in [3.05, 3.63) is 49.5 Å². The van der Waals surface area contributed by atoms with Gasteiger partial charge in [-0.05, 0) is 24.3 Å². The van der Waals surface area contributed by atoms with E-state index in [0.717, 1.165) is 0 Å². The van der Waals surface area contributed by atoms with Gasteiger partial charge in [0.15, 0.2) is 5.15 Å². The fraction of sp³-hybridized carbons (Fsp3) is 0. The van der Waals surface area contributed by atoms with Crippen molar-refractivity contribution in [1.29, 1.82) is 0 Å². The lowest BCUT2D eigenvalue weighted by molar-refractivity contribution is 0.463. The lowest BCUT2D eigenvalue weighted by Crippen LogP contribution is -1.90. The maximum Gasteiger partial charge on any atom is 0.239 e. The van der Waals surface area contributed by atoms with Crippen molar-refractivity contribution in [3.8, 4) is 11.6 Å².